The van der Waals surface area contributed by atoms with Crippen molar-refractivity contribution in [2.24, 2.45) is 5.73 Å². The van der Waals surface area contributed by atoms with Gasteiger partial charge < -0.3 is 15.6 Å². The number of fused-ring (bicyclic) bond motifs is 2. The third-order valence-electron chi connectivity index (χ3n) is 4.99. The van der Waals surface area contributed by atoms with Gasteiger partial charge in [-0.3, -0.25) is 4.79 Å². The number of nitrogens with two attached hydrogens (primary N) is 1. The fourth-order valence-electron chi connectivity index (χ4n) is 3.46. The van der Waals surface area contributed by atoms with E-state index in [1.54, 1.807) is 0 Å². The van der Waals surface area contributed by atoms with Crippen LogP contribution in [0.3, 0.4) is 0 Å². The van der Waals surface area contributed by atoms with Crippen molar-refractivity contribution in [1.82, 2.24) is 0 Å². The highest BCUT2D eigenvalue weighted by molar-refractivity contribution is 6.35. The zero-order valence-corrected chi connectivity index (χ0v) is 14.8. The first-order chi connectivity index (χ1) is 12.4. The molecule has 0 fully saturated rings. The van der Waals surface area contributed by atoms with Crippen LogP contribution in [0.15, 0.2) is 54.6 Å². The molecule has 1 aliphatic rings. The summed E-state index contributed by atoms with van der Waals surface area (Å²) in [7, 11) is 0. The Kier molecular flexibility index (Phi) is 4.10. The smallest absolute Gasteiger partial charge is 0.324 e. The number of rotatable bonds is 3. The molecular formula is C21H18ClNO3. The van der Waals surface area contributed by atoms with E-state index in [1.807, 2.05) is 54.6 Å². The van der Waals surface area contributed by atoms with Crippen LogP contribution in [-0.4, -0.2) is 16.6 Å². The number of carboxylic acid groups (broad SMARTS) is 1. The molecule has 1 aliphatic carbocycles. The third-order valence-corrected chi connectivity index (χ3v) is 5.32. The lowest BCUT2D eigenvalue weighted by molar-refractivity contribution is -0.143. The molecule has 3 aromatic carbocycles. The number of aliphatic carboxylic acids is 1. The highest BCUT2D eigenvalue weighted by Gasteiger charge is 2.37. The summed E-state index contributed by atoms with van der Waals surface area (Å²) in [5.41, 5.74) is 6.89. The van der Waals surface area contributed by atoms with Crippen LogP contribution in [0.5, 0.6) is 11.5 Å². The van der Waals surface area contributed by atoms with Gasteiger partial charge in [0.1, 0.15) is 17.0 Å². The zero-order chi connectivity index (χ0) is 18.3. The van der Waals surface area contributed by atoms with Crippen LogP contribution in [0, 0.1) is 0 Å². The molecule has 0 heterocycles. The first-order valence-corrected chi connectivity index (χ1v) is 8.83. The van der Waals surface area contributed by atoms with Crippen molar-refractivity contribution < 1.29 is 14.6 Å². The molecule has 26 heavy (non-hydrogen) atoms. The summed E-state index contributed by atoms with van der Waals surface area (Å²) in [6, 6.07) is 17.3. The molecule has 4 nitrogen and oxygen atoms in total. The number of benzene rings is 3. The Hall–Kier alpha value is -2.56. The molecule has 0 saturated carbocycles. The minimum atomic E-state index is -1.21. The predicted octanol–water partition coefficient (Wildman–Crippen LogP) is 4.56. The van der Waals surface area contributed by atoms with Crippen LogP contribution in [0.1, 0.15) is 17.5 Å². The number of carbonyl (C=O) groups is 1. The highest BCUT2D eigenvalue weighted by atomic mass is 35.5. The number of hydrogen-bond donors (Lipinski definition) is 2. The van der Waals surface area contributed by atoms with Gasteiger partial charge in [0, 0.05) is 16.8 Å². The average Bonchev–Trinajstić information content (AvgIpc) is 2.62. The van der Waals surface area contributed by atoms with Gasteiger partial charge in [-0.1, -0.05) is 35.9 Å². The summed E-state index contributed by atoms with van der Waals surface area (Å²) in [5.74, 6) is 0.377. The Balaban J connectivity index is 1.64. The molecular weight excluding hydrogens is 350 g/mol. The molecule has 132 valence electrons. The molecule has 1 unspecified atom stereocenters. The molecule has 3 aromatic rings. The van der Waals surface area contributed by atoms with Crippen molar-refractivity contribution in [3.63, 3.8) is 0 Å². The minimum Gasteiger partial charge on any atom is -0.480 e. The second-order valence-corrected chi connectivity index (χ2v) is 7.20. The third kappa shape index (κ3) is 3.02. The van der Waals surface area contributed by atoms with Gasteiger partial charge in [-0.25, -0.2) is 0 Å². The van der Waals surface area contributed by atoms with Gasteiger partial charge in [-0.15, -0.1) is 0 Å². The Morgan fingerprint density at radius 2 is 1.85 bits per heavy atom. The van der Waals surface area contributed by atoms with Crippen molar-refractivity contribution in [2.45, 2.75) is 24.8 Å². The molecule has 0 bridgehead atoms. The van der Waals surface area contributed by atoms with Crippen molar-refractivity contribution in [2.75, 3.05) is 0 Å². The van der Waals surface area contributed by atoms with Gasteiger partial charge in [0.25, 0.3) is 0 Å². The maximum absolute atomic E-state index is 11.4. The molecule has 0 saturated heterocycles. The lowest BCUT2D eigenvalue weighted by Crippen LogP contribution is -2.52. The second-order valence-electron chi connectivity index (χ2n) is 6.79. The van der Waals surface area contributed by atoms with Gasteiger partial charge in [-0.2, -0.15) is 0 Å². The Morgan fingerprint density at radius 3 is 2.65 bits per heavy atom. The summed E-state index contributed by atoms with van der Waals surface area (Å²) in [5, 5.41) is 12.0. The van der Waals surface area contributed by atoms with Crippen molar-refractivity contribution in [1.29, 1.82) is 0 Å². The number of halogens is 1. The number of aryl methyl sites for hydroxylation is 1. The van der Waals surface area contributed by atoms with Crippen molar-refractivity contribution in [3.8, 4) is 11.5 Å². The maximum Gasteiger partial charge on any atom is 0.324 e. The lowest BCUT2D eigenvalue weighted by Gasteiger charge is -2.31. The van der Waals surface area contributed by atoms with E-state index in [2.05, 4.69) is 0 Å². The summed E-state index contributed by atoms with van der Waals surface area (Å²) in [4.78, 5) is 11.4. The number of ether oxygens (including phenoxy) is 1. The SMILES string of the molecule is NC1(C(=O)O)CCc2ccc(Oc3ccc4cccc(Cl)c4c3)cc2C1. The Bertz CT molecular complexity index is 1020. The first kappa shape index (κ1) is 16.9. The summed E-state index contributed by atoms with van der Waals surface area (Å²) < 4.78 is 5.99. The van der Waals surface area contributed by atoms with Crippen LogP contribution in [0.25, 0.3) is 10.8 Å². The van der Waals surface area contributed by atoms with E-state index < -0.39 is 11.5 Å². The Morgan fingerprint density at radius 1 is 1.08 bits per heavy atom. The second kappa shape index (κ2) is 6.31. The van der Waals surface area contributed by atoms with Crippen LogP contribution in [-0.2, 0) is 17.6 Å². The van der Waals surface area contributed by atoms with Gasteiger partial charge in [-0.05, 0) is 59.7 Å². The van der Waals surface area contributed by atoms with Crippen molar-refractivity contribution in [3.05, 3.63) is 70.7 Å². The van der Waals surface area contributed by atoms with E-state index in [-0.39, 0.29) is 0 Å². The van der Waals surface area contributed by atoms with E-state index >= 15 is 0 Å². The summed E-state index contributed by atoms with van der Waals surface area (Å²) >= 11 is 6.26. The van der Waals surface area contributed by atoms with Gasteiger partial charge >= 0.3 is 5.97 Å². The zero-order valence-electron chi connectivity index (χ0n) is 14.0. The number of hydrogen-bond acceptors (Lipinski definition) is 3. The van der Waals surface area contributed by atoms with Gasteiger partial charge in [0.2, 0.25) is 0 Å². The standard InChI is InChI=1S/C21H18ClNO3/c22-19-3-1-2-14-5-7-17(11-18(14)19)26-16-6-4-13-8-9-21(23,20(24)25)12-15(13)10-16/h1-7,10-11H,8-9,12,23H2,(H,24,25). The van der Waals surface area contributed by atoms with E-state index in [0.717, 1.165) is 21.9 Å². The molecule has 4 rings (SSSR count). The fraction of sp³-hybridized carbons (Fsp3) is 0.190. The normalized spacial score (nSPS) is 19.2. The van der Waals surface area contributed by atoms with E-state index in [4.69, 9.17) is 22.1 Å². The molecule has 0 radical (unpaired) electrons. The molecule has 5 heteroatoms. The summed E-state index contributed by atoms with van der Waals surface area (Å²) in [6.07, 6.45) is 1.40. The predicted molar refractivity (Wildman–Crippen MR) is 102 cm³/mol. The Labute approximate surface area is 156 Å². The lowest BCUT2D eigenvalue weighted by atomic mass is 9.78. The molecule has 0 aromatic heterocycles. The molecule has 1 atom stereocenters. The maximum atomic E-state index is 11.4. The van der Waals surface area contributed by atoms with Crippen LogP contribution >= 0.6 is 11.6 Å². The quantitative estimate of drug-likeness (QED) is 0.712. The molecule has 0 amide bonds. The van der Waals surface area contributed by atoms with Gasteiger partial charge in [0.05, 0.1) is 0 Å². The topological polar surface area (TPSA) is 72.6 Å². The molecule has 3 N–H and O–H groups in total. The summed E-state index contributed by atoms with van der Waals surface area (Å²) in [6.45, 7) is 0. The van der Waals surface area contributed by atoms with Crippen molar-refractivity contribution >= 4 is 28.3 Å². The van der Waals surface area contributed by atoms with Crippen LogP contribution in [0.2, 0.25) is 5.02 Å². The van der Waals surface area contributed by atoms with Gasteiger partial charge in [0.15, 0.2) is 0 Å². The molecule has 0 aliphatic heterocycles. The largest absolute Gasteiger partial charge is 0.480 e. The minimum absolute atomic E-state index is 0.304. The van der Waals surface area contributed by atoms with Crippen LogP contribution in [0.4, 0.5) is 0 Å². The average molecular weight is 368 g/mol. The van der Waals surface area contributed by atoms with E-state index in [1.165, 1.54) is 0 Å². The van der Waals surface area contributed by atoms with E-state index in [0.29, 0.717) is 35.8 Å². The fourth-order valence-corrected chi connectivity index (χ4v) is 3.69. The monoisotopic (exact) mass is 367 g/mol. The number of carboxylic acids is 1. The van der Waals surface area contributed by atoms with E-state index in [9.17, 15) is 9.90 Å². The first-order valence-electron chi connectivity index (χ1n) is 8.45. The molecule has 0 spiro atoms. The highest BCUT2D eigenvalue weighted by Crippen LogP contribution is 2.33. The van der Waals surface area contributed by atoms with Crippen LogP contribution < -0.4 is 10.5 Å².